The van der Waals surface area contributed by atoms with Crippen LogP contribution in [0.4, 0.5) is 11.7 Å². The molecule has 6 heteroatoms. The van der Waals surface area contributed by atoms with Gasteiger partial charge in [0.05, 0.1) is 12.7 Å². The lowest BCUT2D eigenvalue weighted by atomic mass is 10.3. The van der Waals surface area contributed by atoms with Gasteiger partial charge in [-0.1, -0.05) is 0 Å². The van der Waals surface area contributed by atoms with Gasteiger partial charge in [0.25, 0.3) is 6.01 Å². The highest BCUT2D eigenvalue weighted by Gasteiger charge is 2.07. The molecule has 1 heterocycles. The number of nitrogens with zero attached hydrogens (tertiary/aromatic N) is 1. The molecule has 1 aromatic heterocycles. The summed E-state index contributed by atoms with van der Waals surface area (Å²) in [5, 5.41) is 20.5. The molecule has 0 saturated carbocycles. The van der Waals surface area contributed by atoms with Gasteiger partial charge in [-0.25, -0.2) is 0 Å². The zero-order valence-corrected chi connectivity index (χ0v) is 8.55. The predicted octanol–water partition coefficient (Wildman–Crippen LogP) is 0.175. The number of aliphatic hydroxyl groups is 2. The summed E-state index contributed by atoms with van der Waals surface area (Å²) in [6.07, 6.45) is -0.833. The Labute approximate surface area is 91.7 Å². The lowest BCUT2D eigenvalue weighted by Crippen LogP contribution is -2.22. The highest BCUT2D eigenvalue weighted by Crippen LogP contribution is 2.20. The zero-order chi connectivity index (χ0) is 11.5. The van der Waals surface area contributed by atoms with E-state index in [1.54, 1.807) is 18.2 Å². The minimum absolute atomic E-state index is 0.179. The molecule has 0 saturated heterocycles. The molecule has 5 N–H and O–H groups in total. The van der Waals surface area contributed by atoms with Crippen molar-refractivity contribution in [3.63, 3.8) is 0 Å². The SMILES string of the molecule is Nc1ccc2oc(NCC(O)CO)nc2c1. The number of oxazole rings is 1. The van der Waals surface area contributed by atoms with Crippen molar-refractivity contribution in [2.75, 3.05) is 24.2 Å². The highest BCUT2D eigenvalue weighted by molar-refractivity contribution is 5.78. The fraction of sp³-hybridized carbons (Fsp3) is 0.300. The third-order valence-corrected chi connectivity index (χ3v) is 2.11. The summed E-state index contributed by atoms with van der Waals surface area (Å²) in [6, 6.07) is 5.45. The molecule has 0 radical (unpaired) electrons. The highest BCUT2D eigenvalue weighted by atomic mass is 16.4. The Morgan fingerprint density at radius 3 is 3.06 bits per heavy atom. The molecule has 0 bridgehead atoms. The molecule has 0 aliphatic rings. The molecule has 0 amide bonds. The second-order valence-electron chi connectivity index (χ2n) is 3.46. The van der Waals surface area contributed by atoms with Crippen LogP contribution in [-0.2, 0) is 0 Å². The largest absolute Gasteiger partial charge is 0.424 e. The first-order valence-corrected chi connectivity index (χ1v) is 4.88. The molecule has 0 fully saturated rings. The van der Waals surface area contributed by atoms with Gasteiger partial charge in [0, 0.05) is 12.2 Å². The summed E-state index contributed by atoms with van der Waals surface area (Å²) in [7, 11) is 0. The van der Waals surface area contributed by atoms with E-state index in [4.69, 9.17) is 20.4 Å². The van der Waals surface area contributed by atoms with Crippen LogP contribution in [0.25, 0.3) is 11.1 Å². The third kappa shape index (κ3) is 2.23. The number of nitrogens with one attached hydrogen (secondary N) is 1. The second-order valence-corrected chi connectivity index (χ2v) is 3.46. The average molecular weight is 223 g/mol. The van der Waals surface area contributed by atoms with Crippen molar-refractivity contribution < 1.29 is 14.6 Å². The number of aromatic nitrogens is 1. The van der Waals surface area contributed by atoms with E-state index in [2.05, 4.69) is 10.3 Å². The molecular weight excluding hydrogens is 210 g/mol. The van der Waals surface area contributed by atoms with Crippen LogP contribution in [0.15, 0.2) is 22.6 Å². The fourth-order valence-electron chi connectivity index (χ4n) is 1.29. The van der Waals surface area contributed by atoms with Crippen molar-refractivity contribution in [2.45, 2.75) is 6.10 Å². The molecule has 0 spiro atoms. The maximum atomic E-state index is 9.14. The number of hydrogen-bond donors (Lipinski definition) is 4. The van der Waals surface area contributed by atoms with Crippen LogP contribution < -0.4 is 11.1 Å². The van der Waals surface area contributed by atoms with Crippen molar-refractivity contribution in [3.05, 3.63) is 18.2 Å². The van der Waals surface area contributed by atoms with E-state index in [9.17, 15) is 0 Å². The van der Waals surface area contributed by atoms with Crippen LogP contribution in [0.1, 0.15) is 0 Å². The Balaban J connectivity index is 2.13. The van der Waals surface area contributed by atoms with Gasteiger partial charge in [-0.3, -0.25) is 0 Å². The first-order chi connectivity index (χ1) is 7.69. The van der Waals surface area contributed by atoms with Crippen molar-refractivity contribution in [2.24, 2.45) is 0 Å². The minimum atomic E-state index is -0.833. The Kier molecular flexibility index (Phi) is 2.93. The van der Waals surface area contributed by atoms with Crippen molar-refractivity contribution in [1.29, 1.82) is 0 Å². The summed E-state index contributed by atoms with van der Waals surface area (Å²) >= 11 is 0. The number of rotatable bonds is 4. The first kappa shape index (κ1) is 10.7. The van der Waals surface area contributed by atoms with Crippen LogP contribution >= 0.6 is 0 Å². The quantitative estimate of drug-likeness (QED) is 0.551. The summed E-state index contributed by atoms with van der Waals surface area (Å²) < 4.78 is 5.35. The number of benzene rings is 1. The van der Waals surface area contributed by atoms with E-state index in [1.165, 1.54) is 0 Å². The van der Waals surface area contributed by atoms with Crippen LogP contribution in [0, 0.1) is 0 Å². The van der Waals surface area contributed by atoms with Crippen molar-refractivity contribution in [3.8, 4) is 0 Å². The Morgan fingerprint density at radius 2 is 2.31 bits per heavy atom. The fourth-order valence-corrected chi connectivity index (χ4v) is 1.29. The van der Waals surface area contributed by atoms with Crippen LogP contribution in [-0.4, -0.2) is 34.5 Å². The Hall–Kier alpha value is -1.79. The molecule has 1 unspecified atom stereocenters. The van der Waals surface area contributed by atoms with Crippen molar-refractivity contribution >= 4 is 22.8 Å². The normalized spacial score (nSPS) is 12.9. The molecule has 86 valence electrons. The maximum Gasteiger partial charge on any atom is 0.295 e. The predicted molar refractivity (Wildman–Crippen MR) is 60.0 cm³/mol. The Morgan fingerprint density at radius 1 is 1.50 bits per heavy atom. The van der Waals surface area contributed by atoms with Gasteiger partial charge in [-0.2, -0.15) is 4.98 Å². The summed E-state index contributed by atoms with van der Waals surface area (Å²) in [4.78, 5) is 4.13. The standard InChI is InChI=1S/C10H13N3O3/c11-6-1-2-9-8(3-6)13-10(16-9)12-4-7(15)5-14/h1-3,7,14-15H,4-5,11H2,(H,12,13). The minimum Gasteiger partial charge on any atom is -0.424 e. The van der Waals surface area contributed by atoms with Crippen LogP contribution in [0.2, 0.25) is 0 Å². The molecule has 1 aromatic carbocycles. The average Bonchev–Trinajstić information content (AvgIpc) is 2.67. The van der Waals surface area contributed by atoms with E-state index in [0.29, 0.717) is 22.8 Å². The van der Waals surface area contributed by atoms with E-state index < -0.39 is 6.10 Å². The van der Waals surface area contributed by atoms with E-state index in [-0.39, 0.29) is 13.2 Å². The molecule has 0 aliphatic carbocycles. The van der Waals surface area contributed by atoms with Gasteiger partial charge in [0.2, 0.25) is 0 Å². The molecule has 6 nitrogen and oxygen atoms in total. The summed E-state index contributed by atoms with van der Waals surface area (Å²) in [5.41, 5.74) is 7.49. The molecule has 16 heavy (non-hydrogen) atoms. The number of anilines is 2. The van der Waals surface area contributed by atoms with Gasteiger partial charge in [0.1, 0.15) is 5.52 Å². The second kappa shape index (κ2) is 4.38. The lowest BCUT2D eigenvalue weighted by molar-refractivity contribution is 0.105. The van der Waals surface area contributed by atoms with E-state index >= 15 is 0 Å². The molecular formula is C10H13N3O3. The van der Waals surface area contributed by atoms with Gasteiger partial charge in [-0.05, 0) is 18.2 Å². The molecule has 0 aliphatic heterocycles. The summed E-state index contributed by atoms with van der Waals surface area (Å²) in [5.74, 6) is 0. The first-order valence-electron chi connectivity index (χ1n) is 4.88. The van der Waals surface area contributed by atoms with Gasteiger partial charge < -0.3 is 25.7 Å². The zero-order valence-electron chi connectivity index (χ0n) is 8.55. The number of fused-ring (bicyclic) bond motifs is 1. The molecule has 2 rings (SSSR count). The number of nitrogen functional groups attached to an aromatic ring is 1. The number of hydrogen-bond acceptors (Lipinski definition) is 6. The van der Waals surface area contributed by atoms with Gasteiger partial charge in [0.15, 0.2) is 5.58 Å². The topological polar surface area (TPSA) is 105 Å². The Bertz CT molecular complexity index is 483. The maximum absolute atomic E-state index is 9.14. The smallest absolute Gasteiger partial charge is 0.295 e. The number of nitrogens with two attached hydrogens (primary N) is 1. The third-order valence-electron chi connectivity index (χ3n) is 2.11. The molecule has 2 aromatic rings. The molecule has 1 atom stereocenters. The monoisotopic (exact) mass is 223 g/mol. The number of aliphatic hydroxyl groups excluding tert-OH is 2. The lowest BCUT2D eigenvalue weighted by Gasteiger charge is -2.05. The summed E-state index contributed by atoms with van der Waals surface area (Å²) in [6.45, 7) is -0.126. The van der Waals surface area contributed by atoms with E-state index in [0.717, 1.165) is 0 Å². The van der Waals surface area contributed by atoms with E-state index in [1.807, 2.05) is 0 Å². The van der Waals surface area contributed by atoms with Crippen LogP contribution in [0.5, 0.6) is 0 Å². The van der Waals surface area contributed by atoms with Gasteiger partial charge >= 0.3 is 0 Å². The van der Waals surface area contributed by atoms with Crippen molar-refractivity contribution in [1.82, 2.24) is 4.98 Å². The van der Waals surface area contributed by atoms with Gasteiger partial charge in [-0.15, -0.1) is 0 Å². The van der Waals surface area contributed by atoms with Crippen LogP contribution in [0.3, 0.4) is 0 Å².